The van der Waals surface area contributed by atoms with Gasteiger partial charge in [-0.2, -0.15) is 0 Å². The second kappa shape index (κ2) is 5.73. The number of imidazole rings is 1. The number of benzene rings is 1. The van der Waals surface area contributed by atoms with E-state index in [1.165, 1.54) is 0 Å². The van der Waals surface area contributed by atoms with E-state index in [4.69, 9.17) is 15.3 Å². The van der Waals surface area contributed by atoms with E-state index in [0.717, 1.165) is 11.4 Å². The Morgan fingerprint density at radius 3 is 2.53 bits per heavy atom. The minimum atomic E-state index is -0.209. The number of ether oxygens (including phenoxy) is 2. The summed E-state index contributed by atoms with van der Waals surface area (Å²) in [6.07, 6.45) is 3.61. The molecule has 6 nitrogen and oxygen atoms in total. The maximum atomic E-state index is 5.65. The van der Waals surface area contributed by atoms with Crippen molar-refractivity contribution in [1.29, 1.82) is 0 Å². The fraction of sp³-hybridized carbons (Fsp3) is 0.308. The van der Waals surface area contributed by atoms with Crippen LogP contribution in [-0.4, -0.2) is 23.8 Å². The first-order valence-corrected chi connectivity index (χ1v) is 5.86. The van der Waals surface area contributed by atoms with Crippen LogP contribution in [0.2, 0.25) is 0 Å². The average Bonchev–Trinajstić information content (AvgIpc) is 2.86. The van der Waals surface area contributed by atoms with Crippen LogP contribution in [0.1, 0.15) is 17.4 Å². The van der Waals surface area contributed by atoms with Gasteiger partial charge in [-0.15, -0.1) is 0 Å². The highest BCUT2D eigenvalue weighted by molar-refractivity contribution is 5.44. The third kappa shape index (κ3) is 2.54. The van der Waals surface area contributed by atoms with Crippen LogP contribution in [0.5, 0.6) is 11.5 Å². The van der Waals surface area contributed by atoms with Gasteiger partial charge in [-0.3, -0.25) is 5.84 Å². The molecule has 102 valence electrons. The maximum Gasteiger partial charge on any atom is 0.161 e. The molecule has 1 heterocycles. The van der Waals surface area contributed by atoms with Gasteiger partial charge in [0.2, 0.25) is 0 Å². The summed E-state index contributed by atoms with van der Waals surface area (Å²) in [6, 6.07) is 5.46. The first-order valence-electron chi connectivity index (χ1n) is 5.86. The van der Waals surface area contributed by atoms with Gasteiger partial charge >= 0.3 is 0 Å². The molecule has 3 N–H and O–H groups in total. The highest BCUT2D eigenvalue weighted by atomic mass is 16.5. The zero-order chi connectivity index (χ0) is 13.8. The van der Waals surface area contributed by atoms with Gasteiger partial charge in [0.05, 0.1) is 14.2 Å². The minimum absolute atomic E-state index is 0.209. The molecule has 0 saturated carbocycles. The summed E-state index contributed by atoms with van der Waals surface area (Å²) in [5.74, 6) is 7.82. The van der Waals surface area contributed by atoms with Gasteiger partial charge in [0.15, 0.2) is 11.5 Å². The highest BCUT2D eigenvalue weighted by Crippen LogP contribution is 2.31. The number of nitrogens with two attached hydrogens (primary N) is 1. The van der Waals surface area contributed by atoms with Crippen molar-refractivity contribution >= 4 is 0 Å². The molecule has 0 aliphatic carbocycles. The largest absolute Gasteiger partial charge is 0.493 e. The summed E-state index contributed by atoms with van der Waals surface area (Å²) in [4.78, 5) is 4.31. The lowest BCUT2D eigenvalue weighted by molar-refractivity contribution is 0.354. The molecule has 0 aliphatic rings. The van der Waals surface area contributed by atoms with Crippen LogP contribution in [0.15, 0.2) is 30.6 Å². The normalized spacial score (nSPS) is 12.2. The molecule has 2 aromatic rings. The number of hydrogen-bond donors (Lipinski definition) is 2. The smallest absolute Gasteiger partial charge is 0.161 e. The molecule has 0 bridgehead atoms. The molecule has 1 aromatic carbocycles. The first-order chi connectivity index (χ1) is 9.21. The Labute approximate surface area is 112 Å². The number of methoxy groups -OCH3 is 2. The van der Waals surface area contributed by atoms with E-state index in [0.29, 0.717) is 11.5 Å². The van der Waals surface area contributed by atoms with E-state index < -0.39 is 0 Å². The molecule has 6 heteroatoms. The zero-order valence-electron chi connectivity index (χ0n) is 11.3. The molecule has 0 amide bonds. The van der Waals surface area contributed by atoms with Gasteiger partial charge in [0.1, 0.15) is 11.9 Å². The molecule has 19 heavy (non-hydrogen) atoms. The van der Waals surface area contributed by atoms with Crippen LogP contribution in [0.3, 0.4) is 0 Å². The lowest BCUT2D eigenvalue weighted by Crippen LogP contribution is -2.30. The predicted octanol–water partition coefficient (Wildman–Crippen LogP) is 0.990. The minimum Gasteiger partial charge on any atom is -0.493 e. The van der Waals surface area contributed by atoms with E-state index >= 15 is 0 Å². The molecule has 0 saturated heterocycles. The number of aryl methyl sites for hydroxylation is 1. The molecule has 2 rings (SSSR count). The number of hydrogen-bond acceptors (Lipinski definition) is 5. The second-order valence-corrected chi connectivity index (χ2v) is 4.11. The van der Waals surface area contributed by atoms with E-state index in [2.05, 4.69) is 10.4 Å². The zero-order valence-corrected chi connectivity index (χ0v) is 11.3. The van der Waals surface area contributed by atoms with Crippen molar-refractivity contribution in [1.82, 2.24) is 15.0 Å². The van der Waals surface area contributed by atoms with Gasteiger partial charge < -0.3 is 14.0 Å². The first kappa shape index (κ1) is 13.4. The molecule has 0 spiro atoms. The van der Waals surface area contributed by atoms with Gasteiger partial charge in [-0.05, 0) is 17.7 Å². The molecule has 1 unspecified atom stereocenters. The molecular formula is C13H18N4O2. The van der Waals surface area contributed by atoms with Gasteiger partial charge in [-0.1, -0.05) is 6.07 Å². The monoisotopic (exact) mass is 262 g/mol. The molecule has 0 radical (unpaired) electrons. The predicted molar refractivity (Wildman–Crippen MR) is 71.9 cm³/mol. The Kier molecular flexibility index (Phi) is 4.03. The molecule has 0 fully saturated rings. The summed E-state index contributed by atoms with van der Waals surface area (Å²) in [5, 5.41) is 0. The van der Waals surface area contributed by atoms with Crippen molar-refractivity contribution in [2.24, 2.45) is 12.9 Å². The Balaban J connectivity index is 2.42. The number of nitrogens with one attached hydrogen (secondary N) is 1. The van der Waals surface area contributed by atoms with Crippen LogP contribution in [0.25, 0.3) is 0 Å². The van der Waals surface area contributed by atoms with Gasteiger partial charge in [0, 0.05) is 19.4 Å². The van der Waals surface area contributed by atoms with E-state index in [1.807, 2.05) is 36.0 Å². The van der Waals surface area contributed by atoms with Gasteiger partial charge in [-0.25, -0.2) is 10.4 Å². The van der Waals surface area contributed by atoms with Crippen molar-refractivity contribution in [2.45, 2.75) is 6.04 Å². The highest BCUT2D eigenvalue weighted by Gasteiger charge is 2.18. The Morgan fingerprint density at radius 2 is 2.00 bits per heavy atom. The average molecular weight is 262 g/mol. The van der Waals surface area contributed by atoms with Crippen LogP contribution in [0.4, 0.5) is 0 Å². The van der Waals surface area contributed by atoms with Crippen LogP contribution >= 0.6 is 0 Å². The van der Waals surface area contributed by atoms with Crippen LogP contribution in [0, 0.1) is 0 Å². The number of hydrazine groups is 1. The van der Waals surface area contributed by atoms with Crippen molar-refractivity contribution in [3.8, 4) is 11.5 Å². The SMILES string of the molecule is COc1ccc(C(NN)c2nccn2C)cc1OC. The third-order valence-electron chi connectivity index (χ3n) is 3.02. The Hall–Kier alpha value is -2.05. The van der Waals surface area contributed by atoms with Crippen LogP contribution in [-0.2, 0) is 7.05 Å². The Morgan fingerprint density at radius 1 is 1.26 bits per heavy atom. The van der Waals surface area contributed by atoms with Gasteiger partial charge in [0.25, 0.3) is 0 Å². The number of rotatable bonds is 5. The molecule has 1 aromatic heterocycles. The van der Waals surface area contributed by atoms with Crippen molar-refractivity contribution in [2.75, 3.05) is 14.2 Å². The van der Waals surface area contributed by atoms with E-state index in [1.54, 1.807) is 20.4 Å². The summed E-state index contributed by atoms with van der Waals surface area (Å²) in [6.45, 7) is 0. The van der Waals surface area contributed by atoms with Crippen molar-refractivity contribution in [3.05, 3.63) is 42.0 Å². The summed E-state index contributed by atoms with van der Waals surface area (Å²) in [5.41, 5.74) is 3.72. The number of aromatic nitrogens is 2. The second-order valence-electron chi connectivity index (χ2n) is 4.11. The fourth-order valence-electron chi connectivity index (χ4n) is 2.01. The van der Waals surface area contributed by atoms with E-state index in [-0.39, 0.29) is 6.04 Å². The number of nitrogens with zero attached hydrogens (tertiary/aromatic N) is 2. The lowest BCUT2D eigenvalue weighted by atomic mass is 10.1. The summed E-state index contributed by atoms with van der Waals surface area (Å²) >= 11 is 0. The maximum absolute atomic E-state index is 5.65. The standard InChI is InChI=1S/C13H18N4O2/c1-17-7-6-15-13(17)12(16-14)9-4-5-10(18-2)11(8-9)19-3/h4-8,12,16H,14H2,1-3H3. The summed E-state index contributed by atoms with van der Waals surface area (Å²) < 4.78 is 12.4. The molecule has 0 aliphatic heterocycles. The van der Waals surface area contributed by atoms with Crippen LogP contribution < -0.4 is 20.7 Å². The van der Waals surface area contributed by atoms with Crippen molar-refractivity contribution in [3.63, 3.8) is 0 Å². The molecular weight excluding hydrogens is 244 g/mol. The topological polar surface area (TPSA) is 74.3 Å². The van der Waals surface area contributed by atoms with Crippen molar-refractivity contribution < 1.29 is 9.47 Å². The summed E-state index contributed by atoms with van der Waals surface area (Å²) in [7, 11) is 5.13. The molecule has 1 atom stereocenters. The quantitative estimate of drug-likeness (QED) is 0.621. The van der Waals surface area contributed by atoms with E-state index in [9.17, 15) is 0 Å². The third-order valence-corrected chi connectivity index (χ3v) is 3.02. The lowest BCUT2D eigenvalue weighted by Gasteiger charge is -2.18. The Bertz CT molecular complexity index is 553. The fourth-order valence-corrected chi connectivity index (χ4v) is 2.01.